The quantitative estimate of drug-likeness (QED) is 0.515. The molecule has 0 aromatic rings. The number of rotatable bonds is 6. The van der Waals surface area contributed by atoms with Crippen LogP contribution in [0.5, 0.6) is 0 Å². The van der Waals surface area contributed by atoms with Gasteiger partial charge in [0.25, 0.3) is 0 Å². The summed E-state index contributed by atoms with van der Waals surface area (Å²) in [5, 5.41) is 0. The van der Waals surface area contributed by atoms with Crippen LogP contribution in [0, 0.1) is 0 Å². The van der Waals surface area contributed by atoms with Crippen molar-refractivity contribution < 1.29 is 0 Å². The van der Waals surface area contributed by atoms with Gasteiger partial charge in [0.1, 0.15) is 0 Å². The van der Waals surface area contributed by atoms with Gasteiger partial charge in [-0.15, -0.1) is 12.4 Å². The first-order chi connectivity index (χ1) is 4.85. The molecule has 0 bridgehead atoms. The van der Waals surface area contributed by atoms with Crippen LogP contribution in [0.15, 0.2) is 38.0 Å². The minimum Gasteiger partial charge on any atom is -0.147 e. The maximum atomic E-state index is 3.75. The molecule has 11 heavy (non-hydrogen) atoms. The van der Waals surface area contributed by atoms with Crippen LogP contribution >= 0.6 is 12.4 Å². The molecule has 0 aromatic carbocycles. The molecule has 0 fully saturated rings. The van der Waals surface area contributed by atoms with Gasteiger partial charge in [0.15, 0.2) is 0 Å². The third kappa shape index (κ3) is 8.21. The second-order valence-electron chi connectivity index (χ2n) is 2.23. The van der Waals surface area contributed by atoms with Crippen molar-refractivity contribution in [1.82, 2.24) is 0 Å². The zero-order valence-electron chi connectivity index (χ0n) is 6.88. The van der Waals surface area contributed by atoms with Crippen LogP contribution < -0.4 is 0 Å². The van der Waals surface area contributed by atoms with E-state index < -0.39 is 19.8 Å². The normalized spacial score (nSPS) is 8.45. The van der Waals surface area contributed by atoms with Crippen molar-refractivity contribution in [3.8, 4) is 0 Å². The van der Waals surface area contributed by atoms with Gasteiger partial charge < -0.3 is 0 Å². The van der Waals surface area contributed by atoms with Gasteiger partial charge in [0.2, 0.25) is 0 Å². The van der Waals surface area contributed by atoms with Gasteiger partial charge in [0, 0.05) is 0 Å². The Morgan fingerprint density at radius 1 is 0.818 bits per heavy atom. The maximum absolute atomic E-state index is 3.75. The van der Waals surface area contributed by atoms with E-state index in [0.29, 0.717) is 0 Å². The molecule has 0 saturated carbocycles. The molecule has 0 aliphatic heterocycles. The predicted octanol–water partition coefficient (Wildman–Crippen LogP) is 3.46. The Hall–Kier alpha value is 0.309. The third-order valence-corrected chi connectivity index (χ3v) is 8.71. The molecule has 0 unspecified atom stereocenters. The maximum Gasteiger partial charge on any atom is -0.147 e. The van der Waals surface area contributed by atoms with Gasteiger partial charge in [-0.1, -0.05) is 0 Å². The Morgan fingerprint density at radius 2 is 1.09 bits per heavy atom. The van der Waals surface area contributed by atoms with Crippen LogP contribution in [0.4, 0.5) is 0 Å². The first-order valence-corrected chi connectivity index (χ1v) is 9.56. The first kappa shape index (κ1) is 13.9. The fourth-order valence-corrected chi connectivity index (χ4v) is 5.78. The van der Waals surface area contributed by atoms with Crippen LogP contribution in [0.2, 0.25) is 13.3 Å². The van der Waals surface area contributed by atoms with Gasteiger partial charge >= 0.3 is 71.0 Å². The molecular weight excluding hydrogens is 262 g/mol. The van der Waals surface area contributed by atoms with Crippen LogP contribution in [0.3, 0.4) is 0 Å². The van der Waals surface area contributed by atoms with E-state index in [4.69, 9.17) is 0 Å². The molecule has 0 aromatic heterocycles. The van der Waals surface area contributed by atoms with E-state index in [1.165, 1.54) is 13.3 Å². The number of allylic oxidation sites excluding steroid dienone is 3. The van der Waals surface area contributed by atoms with Crippen LogP contribution in [-0.4, -0.2) is 19.8 Å². The summed E-state index contributed by atoms with van der Waals surface area (Å²) in [6.45, 7) is 11.2. The zero-order chi connectivity index (χ0) is 7.82. The minimum absolute atomic E-state index is 0. The number of halogens is 1. The molecule has 63 valence electrons. The van der Waals surface area contributed by atoms with Crippen molar-refractivity contribution in [2.24, 2.45) is 0 Å². The summed E-state index contributed by atoms with van der Waals surface area (Å²) >= 11 is -1.11. The summed E-state index contributed by atoms with van der Waals surface area (Å²) in [5.41, 5.74) is 0. The molecule has 0 heterocycles. The van der Waals surface area contributed by atoms with E-state index in [1.54, 1.807) is 0 Å². The van der Waals surface area contributed by atoms with Gasteiger partial charge in [-0.2, -0.15) is 0 Å². The van der Waals surface area contributed by atoms with E-state index in [-0.39, 0.29) is 12.4 Å². The fourth-order valence-electron chi connectivity index (χ4n) is 0.862. The summed E-state index contributed by atoms with van der Waals surface area (Å²) in [4.78, 5) is 0. The van der Waals surface area contributed by atoms with Gasteiger partial charge in [-0.25, -0.2) is 0 Å². The largest absolute Gasteiger partial charge is 0.147 e. The van der Waals surface area contributed by atoms with Crippen LogP contribution in [0.25, 0.3) is 0 Å². The Bertz CT molecular complexity index is 97.0. The summed E-state index contributed by atoms with van der Waals surface area (Å²) in [6, 6.07) is 0. The van der Waals surface area contributed by atoms with Crippen molar-refractivity contribution in [3.05, 3.63) is 38.0 Å². The number of hydrogen-bond donors (Lipinski definition) is 0. The van der Waals surface area contributed by atoms with Gasteiger partial charge in [-0.05, 0) is 0 Å². The first-order valence-electron chi connectivity index (χ1n) is 3.51. The number of hydrogen-bond acceptors (Lipinski definition) is 0. The predicted molar refractivity (Wildman–Crippen MR) is 58.0 cm³/mol. The van der Waals surface area contributed by atoms with Crippen molar-refractivity contribution in [3.63, 3.8) is 0 Å². The Morgan fingerprint density at radius 3 is 1.27 bits per heavy atom. The van der Waals surface area contributed by atoms with Crippen molar-refractivity contribution >= 4 is 32.2 Å². The molecule has 0 nitrogen and oxygen atoms in total. The Kier molecular flexibility index (Phi) is 13.0. The second-order valence-corrected chi connectivity index (χ2v) is 10.0. The molecule has 0 aliphatic rings. The summed E-state index contributed by atoms with van der Waals surface area (Å²) in [7, 11) is 0. The molecule has 0 rings (SSSR count). The topological polar surface area (TPSA) is 0 Å². The van der Waals surface area contributed by atoms with E-state index >= 15 is 0 Å². The summed E-state index contributed by atoms with van der Waals surface area (Å²) in [5.74, 6) is 0. The van der Waals surface area contributed by atoms with Crippen LogP contribution in [0.1, 0.15) is 0 Å². The molecule has 0 atom stereocenters. The van der Waals surface area contributed by atoms with Crippen molar-refractivity contribution in [1.29, 1.82) is 0 Å². The molecule has 0 spiro atoms. The van der Waals surface area contributed by atoms with E-state index in [2.05, 4.69) is 19.7 Å². The Balaban J connectivity index is 0. The minimum atomic E-state index is -1.11. The molecule has 0 aliphatic carbocycles. The summed E-state index contributed by atoms with van der Waals surface area (Å²) in [6.07, 6.45) is 6.13. The van der Waals surface area contributed by atoms with Crippen molar-refractivity contribution in [2.45, 2.75) is 13.3 Å². The third-order valence-electron chi connectivity index (χ3n) is 1.30. The average molecular weight is 278 g/mol. The monoisotopic (exact) mass is 279 g/mol. The van der Waals surface area contributed by atoms with E-state index in [0.717, 1.165) is 0 Å². The molecule has 0 amide bonds. The molecule has 0 saturated heterocycles. The van der Waals surface area contributed by atoms with E-state index in [9.17, 15) is 0 Å². The van der Waals surface area contributed by atoms with E-state index in [1.807, 2.05) is 18.2 Å². The molecule has 1 radical (unpaired) electrons. The average Bonchev–Trinajstić information content (AvgIpc) is 1.90. The van der Waals surface area contributed by atoms with Gasteiger partial charge in [0.05, 0.1) is 0 Å². The molecule has 2 heteroatoms. The molecule has 0 N–H and O–H groups in total. The molecular formula is C9H16ClSn. The SMILES string of the molecule is C=C[CH2][Sn]([CH2]C=C)[CH2]C=C.Cl. The summed E-state index contributed by atoms with van der Waals surface area (Å²) < 4.78 is 3.79. The fraction of sp³-hybridized carbons (Fsp3) is 0.333. The zero-order valence-corrected chi connectivity index (χ0v) is 10.6. The van der Waals surface area contributed by atoms with Gasteiger partial charge in [-0.3, -0.25) is 0 Å². The standard InChI is InChI=1S/3C3H5.ClH.Sn/c3*1-3-2;;/h3*3H,1-2H2;1H;. The van der Waals surface area contributed by atoms with Crippen molar-refractivity contribution in [2.75, 3.05) is 0 Å². The smallest absolute Gasteiger partial charge is 0.147 e. The second kappa shape index (κ2) is 10.3. The van der Waals surface area contributed by atoms with Crippen LogP contribution in [-0.2, 0) is 0 Å². The Labute approximate surface area is 83.2 Å².